The predicted octanol–water partition coefficient (Wildman–Crippen LogP) is 2.48. The third kappa shape index (κ3) is 3.66. The highest BCUT2D eigenvalue weighted by Crippen LogP contribution is 2.18. The molecule has 0 saturated heterocycles. The van der Waals surface area contributed by atoms with Crippen LogP contribution in [0.2, 0.25) is 0 Å². The van der Waals surface area contributed by atoms with Gasteiger partial charge in [0.05, 0.1) is 0 Å². The Balaban J connectivity index is 2.69. The first kappa shape index (κ1) is 14.9. The Labute approximate surface area is 113 Å². The molecule has 102 valence electrons. The first-order valence-electron chi connectivity index (χ1n) is 6.31. The molecule has 1 amide bonds. The summed E-state index contributed by atoms with van der Waals surface area (Å²) < 4.78 is 0. The quantitative estimate of drug-likeness (QED) is 0.862. The highest BCUT2D eigenvalue weighted by Gasteiger charge is 2.22. The zero-order chi connectivity index (χ0) is 13.7. The van der Waals surface area contributed by atoms with Crippen LogP contribution >= 0.6 is 11.3 Å². The van der Waals surface area contributed by atoms with E-state index in [1.54, 1.807) is 4.90 Å². The molecule has 5 nitrogen and oxygen atoms in total. The van der Waals surface area contributed by atoms with Gasteiger partial charge in [-0.15, -0.1) is 10.2 Å². The van der Waals surface area contributed by atoms with E-state index in [4.69, 9.17) is 0 Å². The summed E-state index contributed by atoms with van der Waals surface area (Å²) in [7, 11) is 1.81. The van der Waals surface area contributed by atoms with Gasteiger partial charge in [0.2, 0.25) is 10.1 Å². The van der Waals surface area contributed by atoms with Crippen LogP contribution in [-0.4, -0.2) is 40.6 Å². The number of rotatable bonds is 6. The van der Waals surface area contributed by atoms with Crippen LogP contribution in [0.4, 0.5) is 5.13 Å². The molecule has 1 aromatic rings. The molecule has 0 saturated carbocycles. The van der Waals surface area contributed by atoms with Crippen molar-refractivity contribution >= 4 is 22.4 Å². The molecule has 0 bridgehead atoms. The SMILES string of the molecule is CCCNc1nnc(C(=O)N(C)C(C)C(C)C)s1. The summed E-state index contributed by atoms with van der Waals surface area (Å²) in [6.45, 7) is 9.17. The van der Waals surface area contributed by atoms with Gasteiger partial charge >= 0.3 is 0 Å². The van der Waals surface area contributed by atoms with E-state index in [2.05, 4.69) is 36.3 Å². The smallest absolute Gasteiger partial charge is 0.284 e. The Hall–Kier alpha value is -1.17. The van der Waals surface area contributed by atoms with E-state index in [9.17, 15) is 4.79 Å². The lowest BCUT2D eigenvalue weighted by Gasteiger charge is -2.26. The number of anilines is 1. The van der Waals surface area contributed by atoms with Gasteiger partial charge in [0.1, 0.15) is 0 Å². The van der Waals surface area contributed by atoms with Crippen LogP contribution in [0.25, 0.3) is 0 Å². The summed E-state index contributed by atoms with van der Waals surface area (Å²) in [5, 5.41) is 12.2. The van der Waals surface area contributed by atoms with Crippen LogP contribution in [0.5, 0.6) is 0 Å². The van der Waals surface area contributed by atoms with Gasteiger partial charge in [0, 0.05) is 19.6 Å². The molecule has 1 aromatic heterocycles. The summed E-state index contributed by atoms with van der Waals surface area (Å²) in [6, 6.07) is 0.188. The standard InChI is InChI=1S/C12H22N4OS/c1-6-7-13-12-15-14-10(18-12)11(17)16(5)9(4)8(2)3/h8-9H,6-7H2,1-5H3,(H,13,15). The molecule has 0 radical (unpaired) electrons. The molecule has 6 heteroatoms. The largest absolute Gasteiger partial charge is 0.360 e. The Bertz CT molecular complexity index is 391. The number of amides is 1. The molecule has 0 fully saturated rings. The third-order valence-electron chi connectivity index (χ3n) is 3.03. The number of hydrogen-bond donors (Lipinski definition) is 1. The van der Waals surface area contributed by atoms with E-state index < -0.39 is 0 Å². The lowest BCUT2D eigenvalue weighted by molar-refractivity contribution is 0.0706. The Morgan fingerprint density at radius 1 is 1.39 bits per heavy atom. The highest BCUT2D eigenvalue weighted by atomic mass is 32.1. The number of nitrogens with one attached hydrogen (secondary N) is 1. The average molecular weight is 270 g/mol. The summed E-state index contributed by atoms with van der Waals surface area (Å²) in [6.07, 6.45) is 1.02. The van der Waals surface area contributed by atoms with Crippen molar-refractivity contribution in [1.29, 1.82) is 0 Å². The minimum atomic E-state index is -0.0572. The molecule has 1 rings (SSSR count). The van der Waals surface area contributed by atoms with Crippen LogP contribution in [0.3, 0.4) is 0 Å². The van der Waals surface area contributed by atoms with Crippen LogP contribution in [0, 0.1) is 5.92 Å². The third-order valence-corrected chi connectivity index (χ3v) is 3.90. The minimum absolute atomic E-state index is 0.0572. The predicted molar refractivity (Wildman–Crippen MR) is 75.1 cm³/mol. The molecule has 1 N–H and O–H groups in total. The number of carbonyl (C=O) groups excluding carboxylic acids is 1. The lowest BCUT2D eigenvalue weighted by Crippen LogP contribution is -2.38. The number of nitrogens with zero attached hydrogens (tertiary/aromatic N) is 3. The molecule has 0 aliphatic rings. The van der Waals surface area contributed by atoms with Crippen LogP contribution in [0.15, 0.2) is 0 Å². The number of hydrogen-bond acceptors (Lipinski definition) is 5. The Kier molecular flexibility index (Phi) is 5.53. The average Bonchev–Trinajstić information content (AvgIpc) is 2.82. The topological polar surface area (TPSA) is 58.1 Å². The second-order valence-corrected chi connectivity index (χ2v) is 5.72. The maximum absolute atomic E-state index is 12.2. The van der Waals surface area contributed by atoms with Crippen LogP contribution in [-0.2, 0) is 0 Å². The Morgan fingerprint density at radius 3 is 2.61 bits per heavy atom. The van der Waals surface area contributed by atoms with Gasteiger partial charge in [-0.2, -0.15) is 0 Å². The molecular weight excluding hydrogens is 248 g/mol. The van der Waals surface area contributed by atoms with Gasteiger partial charge in [-0.1, -0.05) is 32.1 Å². The molecule has 1 heterocycles. The van der Waals surface area contributed by atoms with E-state index in [0.717, 1.165) is 13.0 Å². The fourth-order valence-electron chi connectivity index (χ4n) is 1.40. The zero-order valence-electron chi connectivity index (χ0n) is 11.7. The van der Waals surface area contributed by atoms with Crippen molar-refractivity contribution in [3.63, 3.8) is 0 Å². The molecule has 0 spiro atoms. The van der Waals surface area contributed by atoms with Crippen molar-refractivity contribution in [1.82, 2.24) is 15.1 Å². The van der Waals surface area contributed by atoms with Gasteiger partial charge in [-0.25, -0.2) is 0 Å². The fourth-order valence-corrected chi connectivity index (χ4v) is 2.15. The van der Waals surface area contributed by atoms with E-state index in [-0.39, 0.29) is 11.9 Å². The van der Waals surface area contributed by atoms with Crippen molar-refractivity contribution < 1.29 is 4.79 Å². The van der Waals surface area contributed by atoms with Crippen molar-refractivity contribution in [2.45, 2.75) is 40.2 Å². The second kappa shape index (κ2) is 6.68. The first-order valence-corrected chi connectivity index (χ1v) is 7.13. The molecule has 0 aliphatic carbocycles. The summed E-state index contributed by atoms with van der Waals surface area (Å²) in [4.78, 5) is 13.9. The zero-order valence-corrected chi connectivity index (χ0v) is 12.5. The van der Waals surface area contributed by atoms with Crippen molar-refractivity contribution in [2.75, 3.05) is 18.9 Å². The van der Waals surface area contributed by atoms with Crippen LogP contribution < -0.4 is 5.32 Å². The summed E-state index contributed by atoms with van der Waals surface area (Å²) >= 11 is 1.31. The summed E-state index contributed by atoms with van der Waals surface area (Å²) in [5.41, 5.74) is 0. The molecule has 1 unspecified atom stereocenters. The van der Waals surface area contributed by atoms with E-state index in [1.165, 1.54) is 11.3 Å². The molecule has 0 aliphatic heterocycles. The summed E-state index contributed by atoms with van der Waals surface area (Å²) in [5.74, 6) is 0.364. The van der Waals surface area contributed by atoms with E-state index in [1.807, 2.05) is 14.0 Å². The maximum Gasteiger partial charge on any atom is 0.284 e. The van der Waals surface area contributed by atoms with Gasteiger partial charge < -0.3 is 10.2 Å². The lowest BCUT2D eigenvalue weighted by atomic mass is 10.1. The monoisotopic (exact) mass is 270 g/mol. The molecule has 18 heavy (non-hydrogen) atoms. The maximum atomic E-state index is 12.2. The van der Waals surface area contributed by atoms with Gasteiger partial charge in [0.25, 0.3) is 5.91 Å². The molecule has 0 aromatic carbocycles. The van der Waals surface area contributed by atoms with Gasteiger partial charge in [-0.3, -0.25) is 4.79 Å². The highest BCUT2D eigenvalue weighted by molar-refractivity contribution is 7.17. The molecular formula is C12H22N4OS. The van der Waals surface area contributed by atoms with E-state index >= 15 is 0 Å². The van der Waals surface area contributed by atoms with Gasteiger partial charge in [-0.05, 0) is 19.3 Å². The van der Waals surface area contributed by atoms with Crippen molar-refractivity contribution in [3.05, 3.63) is 5.01 Å². The van der Waals surface area contributed by atoms with Crippen molar-refractivity contribution in [2.24, 2.45) is 5.92 Å². The Morgan fingerprint density at radius 2 is 2.06 bits per heavy atom. The van der Waals surface area contributed by atoms with Crippen LogP contribution in [0.1, 0.15) is 43.9 Å². The minimum Gasteiger partial charge on any atom is -0.360 e. The van der Waals surface area contributed by atoms with Gasteiger partial charge in [0.15, 0.2) is 0 Å². The normalized spacial score (nSPS) is 12.6. The fraction of sp³-hybridized carbons (Fsp3) is 0.750. The first-order chi connectivity index (χ1) is 8.47. The van der Waals surface area contributed by atoms with Crippen molar-refractivity contribution in [3.8, 4) is 0 Å². The van der Waals surface area contributed by atoms with E-state index in [0.29, 0.717) is 16.1 Å². The number of aromatic nitrogens is 2. The second-order valence-electron chi connectivity index (χ2n) is 4.74. The number of carbonyl (C=O) groups is 1. The molecule has 1 atom stereocenters.